The zero-order valence-electron chi connectivity index (χ0n) is 16.5. The van der Waals surface area contributed by atoms with Gasteiger partial charge in [-0.25, -0.2) is 0 Å². The summed E-state index contributed by atoms with van der Waals surface area (Å²) >= 11 is 18.7. The molecule has 0 aliphatic heterocycles. The van der Waals surface area contributed by atoms with Gasteiger partial charge < -0.3 is 14.4 Å². The van der Waals surface area contributed by atoms with Crippen molar-refractivity contribution in [3.05, 3.63) is 45.7 Å². The van der Waals surface area contributed by atoms with Crippen molar-refractivity contribution in [2.24, 2.45) is 0 Å². The van der Waals surface area contributed by atoms with Gasteiger partial charge in [0.2, 0.25) is 5.88 Å². The lowest BCUT2D eigenvalue weighted by Gasteiger charge is -2.19. The minimum absolute atomic E-state index is 0.106. The largest absolute Gasteiger partial charge is 0.494 e. The molecule has 0 fully saturated rings. The summed E-state index contributed by atoms with van der Waals surface area (Å²) in [7, 11) is 0. The summed E-state index contributed by atoms with van der Waals surface area (Å²) in [6.07, 6.45) is 1.62. The van der Waals surface area contributed by atoms with Gasteiger partial charge in [-0.3, -0.25) is 9.78 Å². The van der Waals surface area contributed by atoms with E-state index in [1.54, 1.807) is 45.2 Å². The summed E-state index contributed by atoms with van der Waals surface area (Å²) in [5.74, 6) is -0.390. The minimum Gasteiger partial charge on any atom is -0.494 e. The van der Waals surface area contributed by atoms with Crippen molar-refractivity contribution in [1.82, 2.24) is 9.55 Å². The molecule has 0 saturated carbocycles. The summed E-state index contributed by atoms with van der Waals surface area (Å²) in [5, 5.41) is 12.3. The third kappa shape index (κ3) is 4.47. The van der Waals surface area contributed by atoms with Gasteiger partial charge in [0.1, 0.15) is 12.1 Å². The van der Waals surface area contributed by atoms with Crippen LogP contribution in [0.1, 0.15) is 32.0 Å². The Morgan fingerprint density at radius 2 is 1.97 bits per heavy atom. The number of esters is 1. The Labute approximate surface area is 184 Å². The van der Waals surface area contributed by atoms with Gasteiger partial charge in [-0.15, -0.1) is 11.6 Å². The van der Waals surface area contributed by atoms with Gasteiger partial charge in [0, 0.05) is 38.9 Å². The molecule has 0 aliphatic rings. The van der Waals surface area contributed by atoms with E-state index in [0.717, 1.165) is 5.56 Å². The van der Waals surface area contributed by atoms with E-state index in [4.69, 9.17) is 39.5 Å². The molecule has 0 atom stereocenters. The van der Waals surface area contributed by atoms with Crippen LogP contribution in [0.3, 0.4) is 0 Å². The number of pyridine rings is 1. The van der Waals surface area contributed by atoms with E-state index in [-0.39, 0.29) is 18.3 Å². The highest BCUT2D eigenvalue weighted by Crippen LogP contribution is 2.42. The van der Waals surface area contributed by atoms with Crippen molar-refractivity contribution in [3.8, 4) is 17.0 Å². The Morgan fingerprint density at radius 1 is 1.28 bits per heavy atom. The monoisotopic (exact) mass is 454 g/mol. The molecule has 29 heavy (non-hydrogen) atoms. The first-order valence-electron chi connectivity index (χ1n) is 8.96. The first-order valence-corrected chi connectivity index (χ1v) is 10.3. The predicted octanol–water partition coefficient (Wildman–Crippen LogP) is 6.10. The molecule has 1 N–H and O–H groups in total. The molecule has 154 valence electrons. The lowest BCUT2D eigenvalue weighted by Crippen LogP contribution is -2.26. The fourth-order valence-corrected chi connectivity index (χ4v) is 4.05. The molecule has 0 spiro atoms. The molecular formula is C21H21Cl3N2O3. The number of aromatic nitrogens is 2. The minimum atomic E-state index is -0.623. The van der Waals surface area contributed by atoms with Crippen LogP contribution in [0.15, 0.2) is 24.4 Å². The third-order valence-corrected chi connectivity index (χ3v) is 5.18. The first-order chi connectivity index (χ1) is 13.5. The Balaban J connectivity index is 2.22. The molecule has 3 rings (SSSR count). The Bertz CT molecular complexity index is 1100. The Morgan fingerprint density at radius 3 is 2.55 bits per heavy atom. The van der Waals surface area contributed by atoms with Crippen LogP contribution in [-0.4, -0.2) is 26.2 Å². The summed E-state index contributed by atoms with van der Waals surface area (Å²) < 4.78 is 6.77. The number of fused-ring (bicyclic) bond motifs is 1. The van der Waals surface area contributed by atoms with E-state index in [0.29, 0.717) is 37.8 Å². The highest BCUT2D eigenvalue weighted by Gasteiger charge is 2.24. The number of carbonyl (C=O) groups is 1. The van der Waals surface area contributed by atoms with Crippen LogP contribution in [0.2, 0.25) is 10.0 Å². The second-order valence-electron chi connectivity index (χ2n) is 7.74. The quantitative estimate of drug-likeness (QED) is 0.381. The number of hydrogen-bond donors (Lipinski definition) is 1. The molecule has 1 aromatic carbocycles. The van der Waals surface area contributed by atoms with Gasteiger partial charge in [0.15, 0.2) is 0 Å². The van der Waals surface area contributed by atoms with Gasteiger partial charge >= 0.3 is 5.97 Å². The van der Waals surface area contributed by atoms with Crippen LogP contribution >= 0.6 is 34.8 Å². The number of halogens is 3. The summed E-state index contributed by atoms with van der Waals surface area (Å²) in [6, 6.07) is 5.13. The molecule has 0 saturated heterocycles. The highest BCUT2D eigenvalue weighted by atomic mass is 35.5. The average Bonchev–Trinajstić information content (AvgIpc) is 2.87. The van der Waals surface area contributed by atoms with E-state index in [2.05, 4.69) is 4.98 Å². The smallest absolute Gasteiger partial charge is 0.326 e. The second kappa shape index (κ2) is 8.05. The number of aromatic hydroxyl groups is 1. The Kier molecular flexibility index (Phi) is 6.04. The van der Waals surface area contributed by atoms with Crippen LogP contribution in [0.5, 0.6) is 5.88 Å². The molecule has 8 heteroatoms. The first kappa shape index (κ1) is 21.8. The fraction of sp³-hybridized carbons (Fsp3) is 0.333. The SMILES string of the molecule is Cc1nc2cn(CC(=O)OC(C)(C)C)c(O)c2c(-c2ccc(Cl)cc2Cl)c1CCl. The number of aryl methyl sites for hydroxylation is 1. The van der Waals surface area contributed by atoms with E-state index in [9.17, 15) is 9.90 Å². The van der Waals surface area contributed by atoms with Gasteiger partial charge in [-0.1, -0.05) is 29.3 Å². The number of nitrogens with zero attached hydrogens (tertiary/aromatic N) is 2. The normalized spacial score (nSPS) is 11.8. The second-order valence-corrected chi connectivity index (χ2v) is 8.85. The number of hydrogen-bond acceptors (Lipinski definition) is 4. The molecule has 5 nitrogen and oxygen atoms in total. The summed E-state index contributed by atoms with van der Waals surface area (Å²) in [4.78, 5) is 16.8. The zero-order valence-corrected chi connectivity index (χ0v) is 18.8. The molecule has 0 unspecified atom stereocenters. The molecule has 3 aromatic rings. The summed E-state index contributed by atoms with van der Waals surface area (Å²) in [5.41, 5.74) is 2.70. The van der Waals surface area contributed by atoms with Crippen LogP contribution in [0, 0.1) is 6.92 Å². The molecule has 2 aromatic heterocycles. The van der Waals surface area contributed by atoms with Crippen molar-refractivity contribution in [2.45, 2.75) is 45.7 Å². The Hall–Kier alpha value is -1.95. The maximum atomic E-state index is 12.3. The predicted molar refractivity (Wildman–Crippen MR) is 117 cm³/mol. The van der Waals surface area contributed by atoms with Gasteiger partial charge in [-0.2, -0.15) is 0 Å². The lowest BCUT2D eigenvalue weighted by molar-refractivity contribution is -0.155. The number of benzene rings is 1. The van der Waals surface area contributed by atoms with E-state index in [1.807, 2.05) is 6.92 Å². The lowest BCUT2D eigenvalue weighted by atomic mass is 9.96. The third-order valence-electron chi connectivity index (χ3n) is 4.36. The molecule has 0 aliphatic carbocycles. The zero-order chi connectivity index (χ0) is 21.5. The summed E-state index contributed by atoms with van der Waals surface area (Å²) in [6.45, 7) is 7.05. The molecule has 0 radical (unpaired) electrons. The molecular weight excluding hydrogens is 435 g/mol. The van der Waals surface area contributed by atoms with Gasteiger partial charge in [0.25, 0.3) is 0 Å². The molecule has 2 heterocycles. The van der Waals surface area contributed by atoms with E-state index in [1.165, 1.54) is 4.57 Å². The molecule has 0 bridgehead atoms. The number of alkyl halides is 1. The fourth-order valence-electron chi connectivity index (χ4n) is 3.22. The number of rotatable bonds is 4. The van der Waals surface area contributed by atoms with E-state index < -0.39 is 11.6 Å². The van der Waals surface area contributed by atoms with Crippen molar-refractivity contribution < 1.29 is 14.6 Å². The van der Waals surface area contributed by atoms with Gasteiger partial charge in [0.05, 0.1) is 10.9 Å². The number of carbonyl (C=O) groups excluding carboxylic acids is 1. The maximum Gasteiger partial charge on any atom is 0.326 e. The van der Waals surface area contributed by atoms with Gasteiger partial charge in [-0.05, 0) is 45.4 Å². The van der Waals surface area contributed by atoms with Crippen LogP contribution in [-0.2, 0) is 22.0 Å². The van der Waals surface area contributed by atoms with Crippen molar-refractivity contribution in [2.75, 3.05) is 0 Å². The maximum absolute atomic E-state index is 12.3. The standard InChI is InChI=1S/C21H21Cl3N2O3/c1-11-14(8-22)18(13-6-5-12(23)7-15(13)24)19-16(25-11)9-26(20(19)28)10-17(27)29-21(2,3)4/h5-7,9,28H,8,10H2,1-4H3. The molecule has 0 amide bonds. The van der Waals surface area contributed by atoms with Crippen molar-refractivity contribution in [3.63, 3.8) is 0 Å². The van der Waals surface area contributed by atoms with Crippen LogP contribution < -0.4 is 0 Å². The van der Waals surface area contributed by atoms with Crippen LogP contribution in [0.4, 0.5) is 0 Å². The van der Waals surface area contributed by atoms with E-state index >= 15 is 0 Å². The average molecular weight is 456 g/mol. The van der Waals surface area contributed by atoms with Crippen molar-refractivity contribution in [1.29, 1.82) is 0 Å². The highest BCUT2D eigenvalue weighted by molar-refractivity contribution is 6.37. The van der Waals surface area contributed by atoms with Crippen molar-refractivity contribution >= 4 is 51.7 Å². The number of ether oxygens (including phenoxy) is 1. The van der Waals surface area contributed by atoms with Crippen LogP contribution in [0.25, 0.3) is 22.0 Å². The topological polar surface area (TPSA) is 64.4 Å².